The number of carbonyl (C=O) groups excluding carboxylic acids is 9. The number of likely N-dealkylation sites (tertiary alicyclic amines) is 1. The van der Waals surface area contributed by atoms with Gasteiger partial charge in [0, 0.05) is 57.2 Å². The normalized spacial score (nSPS) is 15.8. The van der Waals surface area contributed by atoms with Gasteiger partial charge < -0.3 is 31.5 Å². The van der Waals surface area contributed by atoms with Gasteiger partial charge in [-0.1, -0.05) is 99.5 Å². The second-order valence-electron chi connectivity index (χ2n) is 18.5. The van der Waals surface area contributed by atoms with E-state index in [-0.39, 0.29) is 81.3 Å². The molecule has 0 aliphatic carbocycles. The van der Waals surface area contributed by atoms with Crippen molar-refractivity contribution in [3.63, 3.8) is 0 Å². The summed E-state index contributed by atoms with van der Waals surface area (Å²) in [5, 5.41) is 23.6. The number of nitrogens with zero attached hydrogens (tertiary/aromatic N) is 3. The lowest BCUT2D eigenvalue weighted by atomic mass is 10.0. The molecule has 0 saturated carbocycles. The molecule has 9 amide bonds. The van der Waals surface area contributed by atoms with E-state index in [4.69, 9.17) is 23.2 Å². The second kappa shape index (κ2) is 28.0. The molecule has 3 aromatic rings. The van der Waals surface area contributed by atoms with Gasteiger partial charge in [0.1, 0.15) is 11.7 Å². The van der Waals surface area contributed by atoms with Gasteiger partial charge in [0.2, 0.25) is 29.5 Å². The van der Waals surface area contributed by atoms with Crippen molar-refractivity contribution in [2.75, 3.05) is 43.4 Å². The molecule has 72 heavy (non-hydrogen) atoms. The van der Waals surface area contributed by atoms with Gasteiger partial charge in [0.15, 0.2) is 0 Å². The van der Waals surface area contributed by atoms with Gasteiger partial charge in [-0.15, -0.1) is 0 Å². The van der Waals surface area contributed by atoms with Crippen molar-refractivity contribution in [3.05, 3.63) is 75.0 Å². The number of fused-ring (bicyclic) bond motifs is 1. The fraction of sp³-hybridized carbons (Fsp3) is 0.529. The van der Waals surface area contributed by atoms with Crippen molar-refractivity contribution in [2.45, 2.75) is 141 Å². The van der Waals surface area contributed by atoms with E-state index in [2.05, 4.69) is 42.1 Å². The smallest absolute Gasteiger partial charge is 0.271 e. The first-order chi connectivity index (χ1) is 34.8. The SMILES string of the molecule is O=C(CCCCCCCCCNC(=O)CNc1cccc2c1C(=O)N(C1CCC(=O)NC1=O)C2=O)NCCCCCCCCCC(=O)N1CCC(NC(=O)c2[nH]ncc2NC(=O)c2c(Cl)cccc2Cl)CC1. The summed E-state index contributed by atoms with van der Waals surface area (Å²) in [4.78, 5) is 117. The molecule has 1 unspecified atom stereocenters. The van der Waals surface area contributed by atoms with Crippen LogP contribution in [-0.2, 0) is 24.0 Å². The third-order valence-electron chi connectivity index (χ3n) is 13.2. The fourth-order valence-corrected chi connectivity index (χ4v) is 9.74. The molecule has 388 valence electrons. The molecule has 1 aromatic heterocycles. The Balaban J connectivity index is 0.695. The number of hydrogen-bond acceptors (Lipinski definition) is 11. The van der Waals surface area contributed by atoms with E-state index in [0.717, 1.165) is 94.8 Å². The number of aromatic amines is 1. The fourth-order valence-electron chi connectivity index (χ4n) is 9.17. The van der Waals surface area contributed by atoms with E-state index in [0.29, 0.717) is 57.5 Å². The largest absolute Gasteiger partial charge is 0.375 e. The maximum atomic E-state index is 13.2. The van der Waals surface area contributed by atoms with Crippen LogP contribution in [0.1, 0.15) is 170 Å². The number of benzene rings is 2. The number of H-pyrrole nitrogens is 1. The molecule has 2 fully saturated rings. The molecule has 3 aliphatic heterocycles. The van der Waals surface area contributed by atoms with Crippen LogP contribution in [0.5, 0.6) is 0 Å². The molecule has 1 atom stereocenters. The molecule has 0 radical (unpaired) electrons. The topological polar surface area (TPSA) is 261 Å². The number of unbranched alkanes of at least 4 members (excludes halogenated alkanes) is 12. The molecular formula is C51H66Cl2N10O9. The molecule has 4 heterocycles. The van der Waals surface area contributed by atoms with Crippen LogP contribution < -0.4 is 31.9 Å². The third-order valence-corrected chi connectivity index (χ3v) is 13.8. The van der Waals surface area contributed by atoms with Crippen molar-refractivity contribution in [1.29, 1.82) is 0 Å². The van der Waals surface area contributed by atoms with Crippen LogP contribution in [0.4, 0.5) is 11.4 Å². The number of imide groups is 2. The Morgan fingerprint density at radius 3 is 1.92 bits per heavy atom. The summed E-state index contributed by atoms with van der Waals surface area (Å²) in [6.07, 6.45) is 17.6. The van der Waals surface area contributed by atoms with Gasteiger partial charge >= 0.3 is 0 Å². The molecular weight excluding hydrogens is 968 g/mol. The number of anilines is 2. The first-order valence-electron chi connectivity index (χ1n) is 25.3. The minimum atomic E-state index is -1.06. The average Bonchev–Trinajstić information content (AvgIpc) is 3.93. The highest BCUT2D eigenvalue weighted by Gasteiger charge is 2.45. The molecule has 6 rings (SSSR count). The van der Waals surface area contributed by atoms with Gasteiger partial charge in [-0.25, -0.2) is 0 Å². The predicted octanol–water partition coefficient (Wildman–Crippen LogP) is 6.68. The van der Waals surface area contributed by atoms with Crippen LogP contribution in [-0.4, -0.2) is 118 Å². The average molecular weight is 1030 g/mol. The number of piperidine rings is 2. The zero-order valence-electron chi connectivity index (χ0n) is 40.6. The number of carbonyl (C=O) groups is 9. The molecule has 21 heteroatoms. The van der Waals surface area contributed by atoms with Crippen molar-refractivity contribution in [2.24, 2.45) is 0 Å². The van der Waals surface area contributed by atoms with Crippen LogP contribution in [0, 0.1) is 0 Å². The van der Waals surface area contributed by atoms with Gasteiger partial charge in [0.05, 0.1) is 45.2 Å². The maximum Gasteiger partial charge on any atom is 0.271 e. The van der Waals surface area contributed by atoms with Gasteiger partial charge in [0.25, 0.3) is 23.6 Å². The lowest BCUT2D eigenvalue weighted by Crippen LogP contribution is -2.54. The molecule has 19 nitrogen and oxygen atoms in total. The first-order valence-corrected chi connectivity index (χ1v) is 26.1. The Hall–Kier alpha value is -6.34. The summed E-state index contributed by atoms with van der Waals surface area (Å²) in [6, 6.07) is 8.26. The van der Waals surface area contributed by atoms with E-state index in [1.807, 2.05) is 4.90 Å². The van der Waals surface area contributed by atoms with E-state index < -0.39 is 41.5 Å². The highest BCUT2D eigenvalue weighted by atomic mass is 35.5. The number of halogens is 2. The molecule has 2 saturated heterocycles. The zero-order chi connectivity index (χ0) is 51.4. The van der Waals surface area contributed by atoms with Crippen molar-refractivity contribution in [3.8, 4) is 0 Å². The Morgan fingerprint density at radius 2 is 1.26 bits per heavy atom. The van der Waals surface area contributed by atoms with Crippen molar-refractivity contribution < 1.29 is 43.2 Å². The van der Waals surface area contributed by atoms with E-state index in [9.17, 15) is 43.2 Å². The molecule has 2 aromatic carbocycles. The summed E-state index contributed by atoms with van der Waals surface area (Å²) in [6.45, 7) is 2.22. The number of aromatic nitrogens is 2. The highest BCUT2D eigenvalue weighted by Crippen LogP contribution is 2.32. The summed E-state index contributed by atoms with van der Waals surface area (Å²) < 4.78 is 0. The second-order valence-corrected chi connectivity index (χ2v) is 19.3. The lowest BCUT2D eigenvalue weighted by molar-refractivity contribution is -0.136. The number of hydrogen-bond donors (Lipinski definition) is 7. The molecule has 0 bridgehead atoms. The van der Waals surface area contributed by atoms with Crippen LogP contribution in [0.2, 0.25) is 10.0 Å². The summed E-state index contributed by atoms with van der Waals surface area (Å²) in [5.74, 6) is -3.36. The molecule has 0 spiro atoms. The minimum absolute atomic E-state index is 0.0315. The molecule has 7 N–H and O–H groups in total. The number of nitrogens with one attached hydrogen (secondary N) is 7. The molecule has 3 aliphatic rings. The third kappa shape index (κ3) is 15.8. The summed E-state index contributed by atoms with van der Waals surface area (Å²) in [5.41, 5.74) is 0.987. The predicted molar refractivity (Wildman–Crippen MR) is 272 cm³/mol. The monoisotopic (exact) mass is 1030 g/mol. The van der Waals surface area contributed by atoms with Crippen molar-refractivity contribution >= 4 is 87.7 Å². The standard InChI is InChI=1S/C51H66Cl2N10O9/c52-35-18-16-19-36(53)45(35)48(69)59-38-31-57-61-46(38)49(70)58-33-25-29-62(30-26-33)43(67)22-12-8-4-2-6-9-13-27-54-40(64)21-11-7-3-1-5-10-14-28-55-42(66)32-56-37-20-15-17-34-44(37)51(72)63(50(34)71)39-23-24-41(65)60-47(39)68/h15-20,31,33,39,56H,1-14,21-30,32H2,(H,54,64)(H,55,66)(H,57,61)(H,58,70)(H,59,69)(H,60,65,68). The minimum Gasteiger partial charge on any atom is -0.375 e. The van der Waals surface area contributed by atoms with Gasteiger partial charge in [-0.05, 0) is 69.2 Å². The van der Waals surface area contributed by atoms with E-state index in [1.165, 1.54) is 12.3 Å². The zero-order valence-corrected chi connectivity index (χ0v) is 42.2. The summed E-state index contributed by atoms with van der Waals surface area (Å²) in [7, 11) is 0. The van der Waals surface area contributed by atoms with Crippen molar-refractivity contribution in [1.82, 2.24) is 41.3 Å². The Labute approximate surface area is 429 Å². The van der Waals surface area contributed by atoms with Gasteiger partial charge in [-0.3, -0.25) is 58.5 Å². The lowest BCUT2D eigenvalue weighted by Gasteiger charge is -2.32. The summed E-state index contributed by atoms with van der Waals surface area (Å²) >= 11 is 12.3. The number of rotatable bonds is 28. The number of amides is 9. The van der Waals surface area contributed by atoms with Crippen LogP contribution in [0.15, 0.2) is 42.6 Å². The van der Waals surface area contributed by atoms with E-state index in [1.54, 1.807) is 30.3 Å². The maximum absolute atomic E-state index is 13.2. The Morgan fingerprint density at radius 1 is 0.667 bits per heavy atom. The van der Waals surface area contributed by atoms with Crippen LogP contribution in [0.25, 0.3) is 0 Å². The quantitative estimate of drug-likeness (QED) is 0.0298. The Kier molecular flexibility index (Phi) is 21.4. The first kappa shape index (κ1) is 55.0. The highest BCUT2D eigenvalue weighted by molar-refractivity contribution is 6.40. The van der Waals surface area contributed by atoms with E-state index >= 15 is 0 Å². The van der Waals surface area contributed by atoms with Crippen LogP contribution in [0.3, 0.4) is 0 Å². The Bertz CT molecular complexity index is 2420. The van der Waals surface area contributed by atoms with Gasteiger partial charge in [-0.2, -0.15) is 5.10 Å². The van der Waals surface area contributed by atoms with Crippen LogP contribution >= 0.6 is 23.2 Å².